The van der Waals surface area contributed by atoms with Gasteiger partial charge in [0.25, 0.3) is 10.0 Å². The van der Waals surface area contributed by atoms with Crippen LogP contribution >= 0.6 is 0 Å². The highest BCUT2D eigenvalue weighted by atomic mass is 32.2. The van der Waals surface area contributed by atoms with Crippen LogP contribution in [0.5, 0.6) is 0 Å². The first-order valence-corrected chi connectivity index (χ1v) is 9.72. The second-order valence-corrected chi connectivity index (χ2v) is 8.54. The number of carbonyl (C=O) groups is 1. The summed E-state index contributed by atoms with van der Waals surface area (Å²) in [5, 5.41) is 2.79. The van der Waals surface area contributed by atoms with Crippen LogP contribution in [0.25, 0.3) is 0 Å². The molecule has 0 spiro atoms. The van der Waals surface area contributed by atoms with E-state index in [9.17, 15) is 13.2 Å². The average Bonchev–Trinajstić information content (AvgIpc) is 2.78. The number of sulfonamides is 1. The fraction of sp³-hybridized carbons (Fsp3) is 0.316. The van der Waals surface area contributed by atoms with Gasteiger partial charge in [-0.3, -0.25) is 9.52 Å². The largest absolute Gasteiger partial charge is 0.325 e. The molecule has 3 rings (SSSR count). The predicted molar refractivity (Wildman–Crippen MR) is 99.5 cm³/mol. The summed E-state index contributed by atoms with van der Waals surface area (Å²) in [6.07, 6.45) is 0.731. The smallest absolute Gasteiger partial charge is 0.261 e. The number of aryl methyl sites for hydroxylation is 2. The molecule has 0 aromatic heterocycles. The van der Waals surface area contributed by atoms with Gasteiger partial charge in [0.1, 0.15) is 0 Å². The molecule has 1 amide bonds. The Morgan fingerprint density at radius 2 is 1.88 bits per heavy atom. The van der Waals surface area contributed by atoms with Gasteiger partial charge in [-0.1, -0.05) is 25.1 Å². The predicted octanol–water partition coefficient (Wildman–Crippen LogP) is 3.59. The summed E-state index contributed by atoms with van der Waals surface area (Å²) < 4.78 is 28.5. The van der Waals surface area contributed by atoms with Crippen molar-refractivity contribution >= 4 is 27.3 Å². The molecule has 1 aliphatic heterocycles. The van der Waals surface area contributed by atoms with E-state index in [-0.39, 0.29) is 10.8 Å². The number of amides is 1. The van der Waals surface area contributed by atoms with Crippen molar-refractivity contribution in [3.8, 4) is 0 Å². The van der Waals surface area contributed by atoms with Gasteiger partial charge in [-0.05, 0) is 62.1 Å². The molecule has 0 saturated heterocycles. The van der Waals surface area contributed by atoms with Crippen molar-refractivity contribution in [1.29, 1.82) is 0 Å². The maximum absolute atomic E-state index is 12.9. The number of para-hydroxylation sites is 1. The molecule has 0 unspecified atom stereocenters. The Bertz CT molecular complexity index is 963. The Morgan fingerprint density at radius 3 is 2.56 bits per heavy atom. The van der Waals surface area contributed by atoms with Gasteiger partial charge in [-0.15, -0.1) is 0 Å². The maximum atomic E-state index is 12.9. The molecule has 0 fully saturated rings. The molecule has 2 N–H and O–H groups in total. The number of benzene rings is 2. The molecule has 132 valence electrons. The van der Waals surface area contributed by atoms with E-state index in [1.165, 1.54) is 6.07 Å². The molecule has 0 aliphatic carbocycles. The Balaban J connectivity index is 2.04. The lowest BCUT2D eigenvalue weighted by Gasteiger charge is -2.17. The topological polar surface area (TPSA) is 75.3 Å². The van der Waals surface area contributed by atoms with Crippen molar-refractivity contribution in [1.82, 2.24) is 0 Å². The minimum absolute atomic E-state index is 0.128. The van der Waals surface area contributed by atoms with Crippen LogP contribution in [0, 0.1) is 6.92 Å². The van der Waals surface area contributed by atoms with Gasteiger partial charge in [-0.25, -0.2) is 8.42 Å². The van der Waals surface area contributed by atoms with Gasteiger partial charge in [-0.2, -0.15) is 0 Å². The number of hydrogen-bond acceptors (Lipinski definition) is 3. The normalized spacial score (nSPS) is 15.6. The summed E-state index contributed by atoms with van der Waals surface area (Å²) in [7, 11) is -3.75. The van der Waals surface area contributed by atoms with E-state index in [1.54, 1.807) is 26.0 Å². The van der Waals surface area contributed by atoms with Gasteiger partial charge in [0, 0.05) is 5.69 Å². The molecular weight excluding hydrogens is 336 g/mol. The zero-order chi connectivity index (χ0) is 18.4. The Hall–Kier alpha value is -2.34. The number of anilines is 2. The van der Waals surface area contributed by atoms with Crippen LogP contribution in [0.3, 0.4) is 0 Å². The first-order valence-electron chi connectivity index (χ1n) is 8.24. The van der Waals surface area contributed by atoms with E-state index in [2.05, 4.69) is 10.0 Å². The minimum atomic E-state index is -3.75. The SMILES string of the molecule is CCc1cccc(C)c1NS(=O)(=O)c1ccc2c(c1)C(C)(C)C(=O)N2. The van der Waals surface area contributed by atoms with Crippen LogP contribution in [-0.2, 0) is 26.7 Å². The van der Waals surface area contributed by atoms with Crippen LogP contribution in [0.4, 0.5) is 11.4 Å². The van der Waals surface area contributed by atoms with Crippen molar-refractivity contribution in [3.63, 3.8) is 0 Å². The summed E-state index contributed by atoms with van der Waals surface area (Å²) >= 11 is 0. The Labute approximate surface area is 148 Å². The molecule has 6 heteroatoms. The van der Waals surface area contributed by atoms with E-state index in [4.69, 9.17) is 0 Å². The van der Waals surface area contributed by atoms with Crippen molar-refractivity contribution in [3.05, 3.63) is 53.1 Å². The highest BCUT2D eigenvalue weighted by Gasteiger charge is 2.39. The third-order valence-electron chi connectivity index (χ3n) is 4.77. The van der Waals surface area contributed by atoms with E-state index in [1.807, 2.05) is 32.0 Å². The van der Waals surface area contributed by atoms with Crippen molar-refractivity contribution in [2.24, 2.45) is 0 Å². The Kier molecular flexibility index (Phi) is 4.11. The second-order valence-electron chi connectivity index (χ2n) is 6.85. The number of hydrogen-bond donors (Lipinski definition) is 2. The summed E-state index contributed by atoms with van der Waals surface area (Å²) in [5.74, 6) is -0.128. The molecule has 1 aliphatic rings. The fourth-order valence-electron chi connectivity index (χ4n) is 3.08. The summed E-state index contributed by atoms with van der Waals surface area (Å²) in [4.78, 5) is 12.2. The molecule has 0 bridgehead atoms. The zero-order valence-corrected chi connectivity index (χ0v) is 15.6. The molecule has 2 aromatic rings. The molecule has 5 nitrogen and oxygen atoms in total. The molecule has 25 heavy (non-hydrogen) atoms. The van der Waals surface area contributed by atoms with Gasteiger partial charge >= 0.3 is 0 Å². The van der Waals surface area contributed by atoms with Crippen molar-refractivity contribution < 1.29 is 13.2 Å². The molecule has 2 aromatic carbocycles. The quantitative estimate of drug-likeness (QED) is 0.877. The molecule has 1 heterocycles. The molecule has 0 saturated carbocycles. The van der Waals surface area contributed by atoms with Gasteiger partial charge in [0.15, 0.2) is 0 Å². The first-order chi connectivity index (χ1) is 11.7. The third-order valence-corrected chi connectivity index (χ3v) is 6.11. The van der Waals surface area contributed by atoms with Gasteiger partial charge < -0.3 is 5.32 Å². The van der Waals surface area contributed by atoms with Crippen molar-refractivity contribution in [2.75, 3.05) is 10.0 Å². The average molecular weight is 358 g/mol. The Morgan fingerprint density at radius 1 is 1.16 bits per heavy atom. The van der Waals surface area contributed by atoms with E-state index >= 15 is 0 Å². The number of carbonyl (C=O) groups excluding carboxylic acids is 1. The molecular formula is C19H22N2O3S. The monoisotopic (exact) mass is 358 g/mol. The zero-order valence-electron chi connectivity index (χ0n) is 14.8. The van der Waals surface area contributed by atoms with Crippen LogP contribution in [-0.4, -0.2) is 14.3 Å². The highest BCUT2D eigenvalue weighted by molar-refractivity contribution is 7.92. The number of fused-ring (bicyclic) bond motifs is 1. The number of rotatable bonds is 4. The van der Waals surface area contributed by atoms with Crippen LogP contribution < -0.4 is 10.0 Å². The van der Waals surface area contributed by atoms with Gasteiger partial charge in [0.2, 0.25) is 5.91 Å². The van der Waals surface area contributed by atoms with Crippen molar-refractivity contribution in [2.45, 2.75) is 44.4 Å². The van der Waals surface area contributed by atoms with E-state index < -0.39 is 15.4 Å². The van der Waals surface area contributed by atoms with E-state index in [0.717, 1.165) is 17.5 Å². The maximum Gasteiger partial charge on any atom is 0.261 e. The first kappa shape index (κ1) is 17.5. The number of nitrogens with one attached hydrogen (secondary N) is 2. The van der Waals surface area contributed by atoms with E-state index in [0.29, 0.717) is 16.9 Å². The fourth-order valence-corrected chi connectivity index (χ4v) is 4.28. The van der Waals surface area contributed by atoms with Gasteiger partial charge in [0.05, 0.1) is 16.0 Å². The van der Waals surface area contributed by atoms with Crippen LogP contribution in [0.2, 0.25) is 0 Å². The lowest BCUT2D eigenvalue weighted by molar-refractivity contribution is -0.119. The second kappa shape index (κ2) is 5.88. The van der Waals surface area contributed by atoms with Crippen LogP contribution in [0.15, 0.2) is 41.3 Å². The summed E-state index contributed by atoms with van der Waals surface area (Å²) in [6.45, 7) is 7.44. The summed E-state index contributed by atoms with van der Waals surface area (Å²) in [5.41, 5.74) is 3.06. The molecule has 0 radical (unpaired) electrons. The van der Waals surface area contributed by atoms with Crippen LogP contribution in [0.1, 0.15) is 37.5 Å². The standard InChI is InChI=1S/C19H22N2O3S/c1-5-13-8-6-7-12(2)17(13)21-25(23,24)14-9-10-16-15(11-14)19(3,4)18(22)20-16/h6-11,21H,5H2,1-4H3,(H,20,22). The third kappa shape index (κ3) is 2.91. The lowest BCUT2D eigenvalue weighted by atomic mass is 9.86. The summed E-state index contributed by atoms with van der Waals surface area (Å²) in [6, 6.07) is 10.5. The lowest BCUT2D eigenvalue weighted by Crippen LogP contribution is -2.27. The minimum Gasteiger partial charge on any atom is -0.325 e. The highest BCUT2D eigenvalue weighted by Crippen LogP contribution is 2.38. The molecule has 0 atom stereocenters.